The third-order valence-electron chi connectivity index (χ3n) is 2.51. The molecule has 0 radical (unpaired) electrons. The van der Waals surface area contributed by atoms with E-state index in [2.05, 4.69) is 15.9 Å². The number of hydrogen-bond donors (Lipinski definition) is 2. The van der Waals surface area contributed by atoms with Gasteiger partial charge in [0.2, 0.25) is 0 Å². The van der Waals surface area contributed by atoms with Crippen molar-refractivity contribution in [2.45, 2.75) is 6.92 Å². The Morgan fingerprint density at radius 1 is 1.44 bits per heavy atom. The Bertz CT molecular complexity index is 475. The lowest BCUT2D eigenvalue weighted by Crippen LogP contribution is -2.33. The molecule has 1 unspecified atom stereocenters. The Morgan fingerprint density at radius 2 is 2.06 bits per heavy atom. The van der Waals surface area contributed by atoms with E-state index < -0.39 is 11.9 Å². The van der Waals surface area contributed by atoms with Crippen molar-refractivity contribution in [1.29, 1.82) is 0 Å². The van der Waals surface area contributed by atoms with Crippen LogP contribution in [0.2, 0.25) is 0 Å². The van der Waals surface area contributed by atoms with E-state index in [0.29, 0.717) is 10.0 Å². The number of amides is 1. The van der Waals surface area contributed by atoms with Crippen LogP contribution in [0.1, 0.15) is 17.3 Å². The monoisotopic (exact) mass is 315 g/mol. The SMILES string of the molecule is CC(CN(C)C(=O)c1ccc(Br)c(O)c1)C(=O)O. The van der Waals surface area contributed by atoms with Crippen LogP contribution in [-0.4, -0.2) is 40.6 Å². The van der Waals surface area contributed by atoms with Gasteiger partial charge in [-0.15, -0.1) is 0 Å². The average molecular weight is 316 g/mol. The van der Waals surface area contributed by atoms with Crippen LogP contribution in [0.25, 0.3) is 0 Å². The lowest BCUT2D eigenvalue weighted by Gasteiger charge is -2.19. The fourth-order valence-electron chi connectivity index (χ4n) is 1.44. The number of carbonyl (C=O) groups is 2. The van der Waals surface area contributed by atoms with Crippen molar-refractivity contribution < 1.29 is 19.8 Å². The number of aliphatic carboxylic acids is 1. The normalized spacial score (nSPS) is 11.9. The van der Waals surface area contributed by atoms with Crippen molar-refractivity contribution in [3.63, 3.8) is 0 Å². The molecule has 18 heavy (non-hydrogen) atoms. The molecule has 0 bridgehead atoms. The highest BCUT2D eigenvalue weighted by Gasteiger charge is 2.19. The van der Waals surface area contributed by atoms with Crippen LogP contribution in [0.5, 0.6) is 5.75 Å². The van der Waals surface area contributed by atoms with E-state index in [0.717, 1.165) is 0 Å². The van der Waals surface area contributed by atoms with Gasteiger partial charge in [0.1, 0.15) is 5.75 Å². The maximum Gasteiger partial charge on any atom is 0.308 e. The second kappa shape index (κ2) is 5.86. The second-order valence-electron chi connectivity index (χ2n) is 4.09. The van der Waals surface area contributed by atoms with Gasteiger partial charge in [-0.05, 0) is 34.1 Å². The van der Waals surface area contributed by atoms with E-state index in [1.54, 1.807) is 12.1 Å². The average Bonchev–Trinajstić information content (AvgIpc) is 2.31. The minimum Gasteiger partial charge on any atom is -0.507 e. The number of carboxylic acids is 1. The zero-order chi connectivity index (χ0) is 13.9. The van der Waals surface area contributed by atoms with Crippen molar-refractivity contribution >= 4 is 27.8 Å². The standard InChI is InChI=1S/C12H14BrNO4/c1-7(12(17)18)6-14(2)11(16)8-3-4-9(13)10(15)5-8/h3-5,7,15H,6H2,1-2H3,(H,17,18). The van der Waals surface area contributed by atoms with E-state index in [1.807, 2.05) is 0 Å². The Hall–Kier alpha value is -1.56. The van der Waals surface area contributed by atoms with Gasteiger partial charge in [-0.25, -0.2) is 0 Å². The molecule has 0 aliphatic heterocycles. The molecule has 1 aromatic carbocycles. The summed E-state index contributed by atoms with van der Waals surface area (Å²) in [6, 6.07) is 4.47. The van der Waals surface area contributed by atoms with Crippen molar-refractivity contribution in [3.05, 3.63) is 28.2 Å². The molecule has 2 N–H and O–H groups in total. The van der Waals surface area contributed by atoms with E-state index >= 15 is 0 Å². The summed E-state index contributed by atoms with van der Waals surface area (Å²) in [5.74, 6) is -1.94. The molecule has 0 spiro atoms. The first-order chi connectivity index (χ1) is 8.32. The molecule has 0 aliphatic rings. The maximum absolute atomic E-state index is 12.0. The van der Waals surface area contributed by atoms with Gasteiger partial charge in [-0.1, -0.05) is 6.92 Å². The number of phenolic OH excluding ortho intramolecular Hbond substituents is 1. The maximum atomic E-state index is 12.0. The topological polar surface area (TPSA) is 77.8 Å². The highest BCUT2D eigenvalue weighted by atomic mass is 79.9. The summed E-state index contributed by atoms with van der Waals surface area (Å²) in [5.41, 5.74) is 0.316. The zero-order valence-corrected chi connectivity index (χ0v) is 11.6. The second-order valence-corrected chi connectivity index (χ2v) is 4.95. The van der Waals surface area contributed by atoms with Crippen molar-refractivity contribution in [3.8, 4) is 5.75 Å². The number of carboxylic acid groups (broad SMARTS) is 1. The summed E-state index contributed by atoms with van der Waals surface area (Å²) in [7, 11) is 1.53. The van der Waals surface area contributed by atoms with Gasteiger partial charge >= 0.3 is 5.97 Å². The molecule has 0 saturated heterocycles. The quantitative estimate of drug-likeness (QED) is 0.890. The first kappa shape index (κ1) is 14.5. The minimum atomic E-state index is -0.951. The van der Waals surface area contributed by atoms with Crippen LogP contribution in [-0.2, 0) is 4.79 Å². The number of hydrogen-bond acceptors (Lipinski definition) is 3. The Balaban J connectivity index is 2.80. The molecule has 0 aromatic heterocycles. The van der Waals surface area contributed by atoms with E-state index in [9.17, 15) is 14.7 Å². The van der Waals surface area contributed by atoms with Crippen LogP contribution >= 0.6 is 15.9 Å². The third kappa shape index (κ3) is 3.46. The summed E-state index contributed by atoms with van der Waals surface area (Å²) in [4.78, 5) is 24.0. The number of aromatic hydroxyl groups is 1. The summed E-state index contributed by atoms with van der Waals surface area (Å²) in [5, 5.41) is 18.3. The molecule has 6 heteroatoms. The van der Waals surface area contributed by atoms with E-state index in [-0.39, 0.29) is 18.2 Å². The number of benzene rings is 1. The molecular formula is C12H14BrNO4. The fourth-order valence-corrected chi connectivity index (χ4v) is 1.68. The smallest absolute Gasteiger partial charge is 0.308 e. The van der Waals surface area contributed by atoms with Gasteiger partial charge in [0.05, 0.1) is 10.4 Å². The molecule has 0 fully saturated rings. The summed E-state index contributed by atoms with van der Waals surface area (Å²) >= 11 is 3.12. The summed E-state index contributed by atoms with van der Waals surface area (Å²) < 4.78 is 0.501. The van der Waals surface area contributed by atoms with Crippen LogP contribution in [0.15, 0.2) is 22.7 Å². The van der Waals surface area contributed by atoms with Gasteiger partial charge in [0.25, 0.3) is 5.91 Å². The van der Waals surface area contributed by atoms with E-state index in [1.165, 1.54) is 24.9 Å². The number of phenols is 1. The molecule has 98 valence electrons. The van der Waals surface area contributed by atoms with Crippen molar-refractivity contribution in [1.82, 2.24) is 4.90 Å². The van der Waals surface area contributed by atoms with E-state index in [4.69, 9.17) is 5.11 Å². The predicted molar refractivity (Wildman–Crippen MR) is 69.6 cm³/mol. The highest BCUT2D eigenvalue weighted by molar-refractivity contribution is 9.10. The first-order valence-corrected chi connectivity index (χ1v) is 6.09. The largest absolute Gasteiger partial charge is 0.507 e. The van der Waals surface area contributed by atoms with Crippen LogP contribution in [0.3, 0.4) is 0 Å². The van der Waals surface area contributed by atoms with Gasteiger partial charge in [-0.3, -0.25) is 9.59 Å². The molecule has 1 atom stereocenters. The number of halogens is 1. The Morgan fingerprint density at radius 3 is 2.56 bits per heavy atom. The van der Waals surface area contributed by atoms with Crippen LogP contribution in [0, 0.1) is 5.92 Å². The molecule has 1 rings (SSSR count). The predicted octanol–water partition coefficient (Wildman–Crippen LogP) is 1.95. The molecule has 1 amide bonds. The minimum absolute atomic E-state index is 0.0273. The lowest BCUT2D eigenvalue weighted by atomic mass is 10.1. The molecule has 1 aromatic rings. The van der Waals surface area contributed by atoms with Gasteiger partial charge < -0.3 is 15.1 Å². The lowest BCUT2D eigenvalue weighted by molar-refractivity contribution is -0.141. The number of carbonyl (C=O) groups excluding carboxylic acids is 1. The number of rotatable bonds is 4. The summed E-state index contributed by atoms with van der Waals surface area (Å²) in [6.07, 6.45) is 0. The fraction of sp³-hybridized carbons (Fsp3) is 0.333. The van der Waals surface area contributed by atoms with Crippen molar-refractivity contribution in [2.75, 3.05) is 13.6 Å². The zero-order valence-electron chi connectivity index (χ0n) is 10.1. The van der Waals surface area contributed by atoms with Gasteiger partial charge in [0, 0.05) is 19.2 Å². The van der Waals surface area contributed by atoms with Crippen LogP contribution < -0.4 is 0 Å². The molecular weight excluding hydrogens is 302 g/mol. The number of nitrogens with zero attached hydrogens (tertiary/aromatic N) is 1. The Kier molecular flexibility index (Phi) is 4.72. The molecule has 0 aliphatic carbocycles. The molecule has 0 saturated carbocycles. The molecule has 5 nitrogen and oxygen atoms in total. The highest BCUT2D eigenvalue weighted by Crippen LogP contribution is 2.24. The first-order valence-electron chi connectivity index (χ1n) is 5.29. The van der Waals surface area contributed by atoms with Gasteiger partial charge in [0.15, 0.2) is 0 Å². The molecule has 0 heterocycles. The third-order valence-corrected chi connectivity index (χ3v) is 3.18. The summed E-state index contributed by atoms with van der Waals surface area (Å²) in [6.45, 7) is 1.65. The van der Waals surface area contributed by atoms with Crippen molar-refractivity contribution in [2.24, 2.45) is 5.92 Å². The van der Waals surface area contributed by atoms with Crippen LogP contribution in [0.4, 0.5) is 0 Å². The Labute approximate surface area is 113 Å². The van der Waals surface area contributed by atoms with Gasteiger partial charge in [-0.2, -0.15) is 0 Å².